The molecule has 2 aromatic carbocycles. The van der Waals surface area contributed by atoms with Gasteiger partial charge in [0.05, 0.1) is 22.8 Å². The average molecular weight is 607 g/mol. The standard InChI is InChI=1S/C33H40ClFN6O2/c1-40-14-9-33(10-15-40)19-23(20-33)21-43-30-18-28-25(32(37-22-36-28)38-24-7-8-27(35)26(34)16-24)17-29(30)39-31(42)6-5-13-41-11-3-2-4-12-41/h5-8,16-18,22-23H,2-4,9-15,19-21H2,1H3,(H,39,42)(H,36,37,38). The van der Waals surface area contributed by atoms with Gasteiger partial charge >= 0.3 is 0 Å². The molecule has 3 aliphatic rings. The quantitative estimate of drug-likeness (QED) is 0.264. The summed E-state index contributed by atoms with van der Waals surface area (Å²) in [6.07, 6.45) is 13.6. The van der Waals surface area contributed by atoms with Crippen molar-refractivity contribution in [3.8, 4) is 5.75 Å². The number of anilines is 3. The van der Waals surface area contributed by atoms with Crippen molar-refractivity contribution in [2.75, 3.05) is 57.0 Å². The fourth-order valence-electron chi connectivity index (χ4n) is 6.73. The molecule has 2 saturated heterocycles. The lowest BCUT2D eigenvalue weighted by Crippen LogP contribution is -2.47. The Balaban J connectivity index is 1.20. The average Bonchev–Trinajstić information content (AvgIpc) is 2.99. The molecule has 8 nitrogen and oxygen atoms in total. The van der Waals surface area contributed by atoms with E-state index < -0.39 is 5.82 Å². The predicted octanol–water partition coefficient (Wildman–Crippen LogP) is 6.65. The summed E-state index contributed by atoms with van der Waals surface area (Å²) in [5, 5.41) is 6.96. The van der Waals surface area contributed by atoms with Crippen LogP contribution < -0.4 is 15.4 Å². The van der Waals surface area contributed by atoms with Crippen LogP contribution in [0.1, 0.15) is 44.9 Å². The highest BCUT2D eigenvalue weighted by Gasteiger charge is 2.45. The van der Waals surface area contributed by atoms with Gasteiger partial charge in [-0.3, -0.25) is 9.69 Å². The number of hydrogen-bond acceptors (Lipinski definition) is 7. The monoisotopic (exact) mass is 606 g/mol. The van der Waals surface area contributed by atoms with Crippen LogP contribution in [0, 0.1) is 17.2 Å². The summed E-state index contributed by atoms with van der Waals surface area (Å²) in [4.78, 5) is 26.7. The van der Waals surface area contributed by atoms with Crippen LogP contribution in [0.25, 0.3) is 10.9 Å². The number of carbonyl (C=O) groups is 1. The first-order valence-electron chi connectivity index (χ1n) is 15.4. The van der Waals surface area contributed by atoms with E-state index in [0.29, 0.717) is 51.8 Å². The number of nitrogens with zero attached hydrogens (tertiary/aromatic N) is 4. The zero-order chi connectivity index (χ0) is 29.8. The lowest BCUT2D eigenvalue weighted by Gasteiger charge is -2.51. The van der Waals surface area contributed by atoms with E-state index in [1.807, 2.05) is 18.2 Å². The lowest BCUT2D eigenvalue weighted by molar-refractivity contribution is -0.111. The summed E-state index contributed by atoms with van der Waals surface area (Å²) >= 11 is 6.00. The van der Waals surface area contributed by atoms with Crippen molar-refractivity contribution in [3.05, 3.63) is 59.7 Å². The molecule has 1 saturated carbocycles. The van der Waals surface area contributed by atoms with Gasteiger partial charge in [0, 0.05) is 29.8 Å². The minimum absolute atomic E-state index is 0.0152. The molecule has 0 unspecified atom stereocenters. The van der Waals surface area contributed by atoms with Gasteiger partial charge in [0.15, 0.2) is 0 Å². The van der Waals surface area contributed by atoms with Crippen molar-refractivity contribution in [2.24, 2.45) is 11.3 Å². The van der Waals surface area contributed by atoms with Crippen LogP contribution in [0.2, 0.25) is 5.02 Å². The minimum Gasteiger partial charge on any atom is -0.491 e. The number of carbonyl (C=O) groups excluding carboxylic acids is 1. The second-order valence-corrected chi connectivity index (χ2v) is 12.9. The predicted molar refractivity (Wildman–Crippen MR) is 170 cm³/mol. The summed E-state index contributed by atoms with van der Waals surface area (Å²) < 4.78 is 20.1. The van der Waals surface area contributed by atoms with E-state index in [1.165, 1.54) is 76.5 Å². The molecule has 1 aromatic heterocycles. The molecule has 1 spiro atoms. The Hall–Kier alpha value is -3.27. The number of aromatic nitrogens is 2. The molecule has 3 heterocycles. The first-order chi connectivity index (χ1) is 20.9. The Labute approximate surface area is 257 Å². The number of ether oxygens (including phenoxy) is 1. The summed E-state index contributed by atoms with van der Waals surface area (Å²) in [7, 11) is 2.20. The molecule has 6 rings (SSSR count). The summed E-state index contributed by atoms with van der Waals surface area (Å²) in [5.74, 6) is 0.889. The molecule has 10 heteroatoms. The molecule has 2 aliphatic heterocycles. The molecule has 0 bridgehead atoms. The number of rotatable bonds is 9. The molecular formula is C33H40ClFN6O2. The molecule has 1 amide bonds. The highest BCUT2D eigenvalue weighted by atomic mass is 35.5. The van der Waals surface area contributed by atoms with Gasteiger partial charge in [0.2, 0.25) is 5.91 Å². The van der Waals surface area contributed by atoms with Crippen molar-refractivity contribution < 1.29 is 13.9 Å². The third-order valence-electron chi connectivity index (χ3n) is 9.22. The number of piperidine rings is 2. The summed E-state index contributed by atoms with van der Waals surface area (Å²) in [5.41, 5.74) is 2.28. The number of nitrogens with one attached hydrogen (secondary N) is 2. The summed E-state index contributed by atoms with van der Waals surface area (Å²) in [6.45, 7) is 5.84. The first-order valence-corrected chi connectivity index (χ1v) is 15.8. The topological polar surface area (TPSA) is 82.6 Å². The Bertz CT molecular complexity index is 1480. The van der Waals surface area contributed by atoms with Gasteiger partial charge in [-0.25, -0.2) is 14.4 Å². The normalized spacial score (nSPS) is 19.5. The maximum atomic E-state index is 13.7. The van der Waals surface area contributed by atoms with Crippen molar-refractivity contribution in [3.63, 3.8) is 0 Å². The van der Waals surface area contributed by atoms with Crippen molar-refractivity contribution >= 4 is 45.6 Å². The molecule has 2 N–H and O–H groups in total. The molecule has 228 valence electrons. The third-order valence-corrected chi connectivity index (χ3v) is 9.51. The number of likely N-dealkylation sites (tertiary alicyclic amines) is 2. The van der Waals surface area contributed by atoms with E-state index in [1.54, 1.807) is 12.1 Å². The van der Waals surface area contributed by atoms with Crippen molar-refractivity contribution in [1.29, 1.82) is 0 Å². The zero-order valence-corrected chi connectivity index (χ0v) is 25.5. The number of fused-ring (bicyclic) bond motifs is 1. The highest BCUT2D eigenvalue weighted by Crippen LogP contribution is 2.52. The Morgan fingerprint density at radius 3 is 2.67 bits per heavy atom. The maximum absolute atomic E-state index is 13.7. The van der Waals surface area contributed by atoms with Gasteiger partial charge in [-0.2, -0.15) is 0 Å². The van der Waals surface area contributed by atoms with E-state index in [9.17, 15) is 9.18 Å². The van der Waals surface area contributed by atoms with E-state index in [-0.39, 0.29) is 10.9 Å². The molecule has 1 aliphatic carbocycles. The third kappa shape index (κ3) is 7.28. The van der Waals surface area contributed by atoms with Crippen LogP contribution in [0.15, 0.2) is 48.8 Å². The van der Waals surface area contributed by atoms with Crippen LogP contribution in [-0.4, -0.2) is 72.1 Å². The number of halogens is 2. The Morgan fingerprint density at radius 1 is 1.12 bits per heavy atom. The van der Waals surface area contributed by atoms with Gasteiger partial charge < -0.3 is 20.3 Å². The fourth-order valence-corrected chi connectivity index (χ4v) is 6.91. The maximum Gasteiger partial charge on any atom is 0.248 e. The number of benzene rings is 2. The second-order valence-electron chi connectivity index (χ2n) is 12.5. The molecule has 43 heavy (non-hydrogen) atoms. The largest absolute Gasteiger partial charge is 0.491 e. The van der Waals surface area contributed by atoms with E-state index >= 15 is 0 Å². The lowest BCUT2D eigenvalue weighted by atomic mass is 9.58. The first kappa shape index (κ1) is 29.8. The number of amides is 1. The Kier molecular flexibility index (Phi) is 9.12. The van der Waals surface area contributed by atoms with E-state index in [4.69, 9.17) is 16.3 Å². The minimum atomic E-state index is -0.493. The molecular weight excluding hydrogens is 567 g/mol. The van der Waals surface area contributed by atoms with Gasteiger partial charge in [-0.15, -0.1) is 0 Å². The van der Waals surface area contributed by atoms with E-state index in [0.717, 1.165) is 19.6 Å². The van der Waals surface area contributed by atoms with Gasteiger partial charge in [-0.05, 0) is 107 Å². The molecule has 3 aromatic rings. The van der Waals surface area contributed by atoms with Crippen LogP contribution >= 0.6 is 11.6 Å². The molecule has 0 atom stereocenters. The van der Waals surface area contributed by atoms with Crippen LogP contribution in [0.5, 0.6) is 5.75 Å². The van der Waals surface area contributed by atoms with Crippen molar-refractivity contribution in [1.82, 2.24) is 19.8 Å². The van der Waals surface area contributed by atoms with Crippen molar-refractivity contribution in [2.45, 2.75) is 44.9 Å². The Morgan fingerprint density at radius 2 is 1.91 bits per heavy atom. The van der Waals surface area contributed by atoms with E-state index in [2.05, 4.69) is 37.4 Å². The molecule has 3 fully saturated rings. The number of hydrogen-bond donors (Lipinski definition) is 2. The van der Waals surface area contributed by atoms with Gasteiger partial charge in [0.1, 0.15) is 23.7 Å². The summed E-state index contributed by atoms with van der Waals surface area (Å²) in [6, 6.07) is 8.11. The smallest absolute Gasteiger partial charge is 0.248 e. The SMILES string of the molecule is CN1CCC2(CC1)CC(COc1cc3ncnc(Nc4ccc(F)c(Cl)c4)c3cc1NC(=O)C=CCN1CCCCC1)C2. The van der Waals surface area contributed by atoms with Crippen LogP contribution in [0.4, 0.5) is 21.6 Å². The fraction of sp³-hybridized carbons (Fsp3) is 0.485. The van der Waals surface area contributed by atoms with Crippen LogP contribution in [0.3, 0.4) is 0 Å². The van der Waals surface area contributed by atoms with Gasteiger partial charge in [0.25, 0.3) is 0 Å². The van der Waals surface area contributed by atoms with Crippen LogP contribution in [-0.2, 0) is 4.79 Å². The zero-order valence-electron chi connectivity index (χ0n) is 24.7. The van der Waals surface area contributed by atoms with Gasteiger partial charge in [-0.1, -0.05) is 24.1 Å². The molecule has 0 radical (unpaired) electrons. The second kappa shape index (κ2) is 13.2. The highest BCUT2D eigenvalue weighted by molar-refractivity contribution is 6.31.